The van der Waals surface area contributed by atoms with Gasteiger partial charge in [0, 0.05) is 24.5 Å². The van der Waals surface area contributed by atoms with Gasteiger partial charge in [0.2, 0.25) is 11.8 Å². The van der Waals surface area contributed by atoms with Crippen LogP contribution in [0.15, 0.2) is 0 Å². The third kappa shape index (κ3) is 2.54. The Kier molecular flexibility index (Phi) is 3.56. The number of rotatable bonds is 2. The number of nitrogens with zero attached hydrogens (tertiary/aromatic N) is 1. The molecule has 0 aromatic rings. The van der Waals surface area contributed by atoms with E-state index in [9.17, 15) is 14.4 Å². The fraction of sp³-hybridized carbons (Fsp3) is 0.700. The molecule has 2 atom stereocenters. The minimum absolute atomic E-state index is 0.137. The van der Waals surface area contributed by atoms with Crippen LogP contribution in [0, 0.1) is 0 Å². The van der Waals surface area contributed by atoms with E-state index >= 15 is 0 Å². The van der Waals surface area contributed by atoms with E-state index in [1.165, 1.54) is 16.7 Å². The molecule has 6 nitrogen and oxygen atoms in total. The summed E-state index contributed by atoms with van der Waals surface area (Å²) in [7, 11) is 0. The van der Waals surface area contributed by atoms with Crippen molar-refractivity contribution >= 4 is 29.5 Å². The molecule has 2 aliphatic rings. The number of carbonyl (C=O) groups excluding carboxylic acids is 2. The van der Waals surface area contributed by atoms with Crippen LogP contribution in [0.1, 0.15) is 12.8 Å². The first-order valence-corrected chi connectivity index (χ1v) is 6.65. The third-order valence-electron chi connectivity index (χ3n) is 2.99. The molecule has 17 heavy (non-hydrogen) atoms. The van der Waals surface area contributed by atoms with E-state index in [0.29, 0.717) is 25.1 Å². The van der Waals surface area contributed by atoms with E-state index < -0.39 is 18.1 Å². The molecule has 2 aliphatic heterocycles. The SMILES string of the molecule is O=C1CC[C@H](C(=O)N2CCSCC2C(=O)O)N1. The van der Waals surface area contributed by atoms with Gasteiger partial charge in [-0.1, -0.05) is 0 Å². The number of carboxylic acids is 1. The number of nitrogens with one attached hydrogen (secondary N) is 1. The number of amides is 2. The van der Waals surface area contributed by atoms with Gasteiger partial charge in [0.05, 0.1) is 0 Å². The fourth-order valence-electron chi connectivity index (χ4n) is 2.07. The molecule has 2 rings (SSSR count). The van der Waals surface area contributed by atoms with Crippen molar-refractivity contribution in [3.05, 3.63) is 0 Å². The van der Waals surface area contributed by atoms with Crippen molar-refractivity contribution in [3.8, 4) is 0 Å². The van der Waals surface area contributed by atoms with Gasteiger partial charge >= 0.3 is 5.97 Å². The van der Waals surface area contributed by atoms with Crippen LogP contribution < -0.4 is 5.32 Å². The largest absolute Gasteiger partial charge is 0.480 e. The van der Waals surface area contributed by atoms with Crippen LogP contribution in [0.25, 0.3) is 0 Å². The normalized spacial score (nSPS) is 28.9. The Morgan fingerprint density at radius 3 is 2.82 bits per heavy atom. The van der Waals surface area contributed by atoms with E-state index in [1.54, 1.807) is 0 Å². The lowest BCUT2D eigenvalue weighted by atomic mass is 10.1. The second-order valence-corrected chi connectivity index (χ2v) is 5.27. The minimum atomic E-state index is -0.977. The van der Waals surface area contributed by atoms with Gasteiger partial charge in [-0.3, -0.25) is 9.59 Å². The van der Waals surface area contributed by atoms with Crippen LogP contribution in [0.3, 0.4) is 0 Å². The van der Waals surface area contributed by atoms with Gasteiger partial charge in [0.25, 0.3) is 0 Å². The Morgan fingerprint density at radius 2 is 2.24 bits per heavy atom. The second kappa shape index (κ2) is 4.95. The highest BCUT2D eigenvalue weighted by atomic mass is 32.2. The molecule has 0 saturated carbocycles. The van der Waals surface area contributed by atoms with Crippen molar-refractivity contribution < 1.29 is 19.5 Å². The number of carboxylic acid groups (broad SMARTS) is 1. The molecule has 0 bridgehead atoms. The summed E-state index contributed by atoms with van der Waals surface area (Å²) in [5.74, 6) is -0.210. The summed E-state index contributed by atoms with van der Waals surface area (Å²) in [6.07, 6.45) is 0.810. The highest BCUT2D eigenvalue weighted by Crippen LogP contribution is 2.19. The van der Waals surface area contributed by atoms with Gasteiger partial charge < -0.3 is 15.3 Å². The standard InChI is InChI=1S/C10H14N2O4S/c13-8-2-1-6(11-8)9(14)12-3-4-17-5-7(12)10(15)16/h6-7H,1-5H2,(H,11,13)(H,15,16)/t6-,7?/m1/s1. The second-order valence-electron chi connectivity index (χ2n) is 4.12. The maximum Gasteiger partial charge on any atom is 0.327 e. The Morgan fingerprint density at radius 1 is 1.47 bits per heavy atom. The molecule has 94 valence electrons. The summed E-state index contributed by atoms with van der Waals surface area (Å²) in [5.41, 5.74) is 0. The maximum absolute atomic E-state index is 12.1. The molecule has 2 saturated heterocycles. The summed E-state index contributed by atoms with van der Waals surface area (Å²) in [4.78, 5) is 35.6. The van der Waals surface area contributed by atoms with Crippen molar-refractivity contribution in [2.75, 3.05) is 18.1 Å². The molecular weight excluding hydrogens is 244 g/mol. The molecule has 2 fully saturated rings. The highest BCUT2D eigenvalue weighted by molar-refractivity contribution is 7.99. The first-order valence-electron chi connectivity index (χ1n) is 5.50. The zero-order chi connectivity index (χ0) is 12.4. The number of thioether (sulfide) groups is 1. The van der Waals surface area contributed by atoms with Gasteiger partial charge in [-0.25, -0.2) is 4.79 Å². The molecular formula is C10H14N2O4S. The van der Waals surface area contributed by atoms with E-state index in [1.807, 2.05) is 0 Å². The number of aliphatic carboxylic acids is 1. The van der Waals surface area contributed by atoms with Crippen molar-refractivity contribution in [2.24, 2.45) is 0 Å². The monoisotopic (exact) mass is 258 g/mol. The topological polar surface area (TPSA) is 86.7 Å². The molecule has 2 heterocycles. The highest BCUT2D eigenvalue weighted by Gasteiger charge is 2.37. The van der Waals surface area contributed by atoms with Gasteiger partial charge in [-0.05, 0) is 6.42 Å². The van der Waals surface area contributed by atoms with Gasteiger partial charge in [-0.15, -0.1) is 0 Å². The molecule has 0 aromatic carbocycles. The number of hydrogen-bond acceptors (Lipinski definition) is 4. The van der Waals surface area contributed by atoms with Crippen LogP contribution in [-0.2, 0) is 14.4 Å². The quantitative estimate of drug-likeness (QED) is 0.683. The Labute approximate surface area is 103 Å². The first-order chi connectivity index (χ1) is 8.09. The van der Waals surface area contributed by atoms with Crippen LogP contribution in [-0.4, -0.2) is 57.9 Å². The molecule has 2 amide bonds. The maximum atomic E-state index is 12.1. The average molecular weight is 258 g/mol. The van der Waals surface area contributed by atoms with Crippen LogP contribution in [0.2, 0.25) is 0 Å². The molecule has 0 aliphatic carbocycles. The Hall–Kier alpha value is -1.24. The summed E-state index contributed by atoms with van der Waals surface area (Å²) in [6.45, 7) is 0.437. The molecule has 7 heteroatoms. The number of carbonyl (C=O) groups is 3. The van der Waals surface area contributed by atoms with Crippen molar-refractivity contribution in [1.82, 2.24) is 10.2 Å². The smallest absolute Gasteiger partial charge is 0.327 e. The summed E-state index contributed by atoms with van der Waals surface area (Å²) in [6, 6.07) is -1.30. The fourth-order valence-corrected chi connectivity index (χ4v) is 3.11. The average Bonchev–Trinajstić information content (AvgIpc) is 2.75. The Balaban J connectivity index is 2.06. The van der Waals surface area contributed by atoms with Crippen molar-refractivity contribution in [1.29, 1.82) is 0 Å². The first kappa shape index (κ1) is 12.2. The predicted molar refractivity (Wildman–Crippen MR) is 61.6 cm³/mol. The third-order valence-corrected chi connectivity index (χ3v) is 4.01. The van der Waals surface area contributed by atoms with Crippen LogP contribution >= 0.6 is 11.8 Å². The van der Waals surface area contributed by atoms with E-state index in [0.717, 1.165) is 5.75 Å². The molecule has 0 spiro atoms. The van der Waals surface area contributed by atoms with Crippen molar-refractivity contribution in [2.45, 2.75) is 24.9 Å². The summed E-state index contributed by atoms with van der Waals surface area (Å²) < 4.78 is 0. The van der Waals surface area contributed by atoms with E-state index in [-0.39, 0.29) is 11.8 Å². The van der Waals surface area contributed by atoms with Gasteiger partial charge in [0.1, 0.15) is 12.1 Å². The molecule has 0 aromatic heterocycles. The minimum Gasteiger partial charge on any atom is -0.480 e. The molecule has 1 unspecified atom stereocenters. The van der Waals surface area contributed by atoms with Crippen LogP contribution in [0.5, 0.6) is 0 Å². The Bertz CT molecular complexity index is 360. The zero-order valence-corrected chi connectivity index (χ0v) is 10.0. The van der Waals surface area contributed by atoms with Crippen LogP contribution in [0.4, 0.5) is 0 Å². The summed E-state index contributed by atoms with van der Waals surface area (Å²) in [5, 5.41) is 11.6. The van der Waals surface area contributed by atoms with Crippen molar-refractivity contribution in [3.63, 3.8) is 0 Å². The molecule has 2 N–H and O–H groups in total. The zero-order valence-electron chi connectivity index (χ0n) is 9.22. The molecule has 0 radical (unpaired) electrons. The lowest BCUT2D eigenvalue weighted by Gasteiger charge is -2.34. The van der Waals surface area contributed by atoms with Gasteiger partial charge in [0.15, 0.2) is 0 Å². The van der Waals surface area contributed by atoms with E-state index in [4.69, 9.17) is 5.11 Å². The van der Waals surface area contributed by atoms with E-state index in [2.05, 4.69) is 5.32 Å². The lowest BCUT2D eigenvalue weighted by molar-refractivity contribution is -0.150. The van der Waals surface area contributed by atoms with Gasteiger partial charge in [-0.2, -0.15) is 11.8 Å². The summed E-state index contributed by atoms with van der Waals surface area (Å²) >= 11 is 1.53. The lowest BCUT2D eigenvalue weighted by Crippen LogP contribution is -2.55. The number of hydrogen-bond donors (Lipinski definition) is 2. The predicted octanol–water partition coefficient (Wildman–Crippen LogP) is -0.706.